The maximum atomic E-state index is 6.87. The van der Waals surface area contributed by atoms with Gasteiger partial charge in [-0.1, -0.05) is 78.1 Å². The Hall–Kier alpha value is -1.58. The highest BCUT2D eigenvalue weighted by Crippen LogP contribution is 2.64. The molecule has 0 bridgehead atoms. The van der Waals surface area contributed by atoms with Gasteiger partial charge < -0.3 is 9.47 Å². The van der Waals surface area contributed by atoms with Gasteiger partial charge in [-0.3, -0.25) is 0 Å². The van der Waals surface area contributed by atoms with Crippen molar-refractivity contribution in [2.24, 2.45) is 0 Å². The molecule has 6 aromatic rings. The molecule has 0 fully saturated rings. The summed E-state index contributed by atoms with van der Waals surface area (Å²) in [5.74, 6) is 0. The third-order valence-corrected chi connectivity index (χ3v) is 18.0. The Morgan fingerprint density at radius 2 is 0.941 bits per heavy atom. The molecule has 1 aromatic carbocycles. The van der Waals surface area contributed by atoms with Crippen LogP contribution in [0.25, 0.3) is 49.1 Å². The maximum absolute atomic E-state index is 6.87. The Bertz CT molecular complexity index is 2170. The van der Waals surface area contributed by atoms with Gasteiger partial charge >= 0.3 is 0 Å². The summed E-state index contributed by atoms with van der Waals surface area (Å²) < 4.78 is 22.5. The molecule has 2 nitrogen and oxygen atoms in total. The molecule has 272 valence electrons. The molecule has 2 aliphatic carbocycles. The normalized spacial score (nSPS) is 19.2. The Kier molecular flexibility index (Phi) is 10.6. The Labute approximate surface area is 325 Å². The molecule has 51 heavy (non-hydrogen) atoms. The second kappa shape index (κ2) is 14.9. The van der Waals surface area contributed by atoms with Crippen molar-refractivity contribution in [3.63, 3.8) is 0 Å². The van der Waals surface area contributed by atoms with E-state index in [0.717, 1.165) is 0 Å². The molecule has 0 spiro atoms. The van der Waals surface area contributed by atoms with E-state index in [1.165, 1.54) is 166 Å². The number of unbranched alkanes of at least 4 members (excludes halogenated alkanes) is 10. The third kappa shape index (κ3) is 6.13. The first-order chi connectivity index (χ1) is 24.9. The minimum atomic E-state index is -0.468. The van der Waals surface area contributed by atoms with Crippen LogP contribution in [-0.4, -0.2) is 13.2 Å². The first-order valence-corrected chi connectivity index (χ1v) is 24.0. The van der Waals surface area contributed by atoms with E-state index >= 15 is 0 Å². The van der Waals surface area contributed by atoms with Crippen LogP contribution in [0.1, 0.15) is 151 Å². The van der Waals surface area contributed by atoms with E-state index in [1.807, 2.05) is 56.7 Å². The summed E-state index contributed by atoms with van der Waals surface area (Å²) in [5, 5.41) is 0. The number of rotatable bonds is 18. The predicted octanol–water partition coefficient (Wildman–Crippen LogP) is 15.8. The van der Waals surface area contributed by atoms with Crippen molar-refractivity contribution in [2.45, 2.75) is 143 Å². The smallest absolute Gasteiger partial charge is 0.119 e. The van der Waals surface area contributed by atoms with Gasteiger partial charge in [-0.25, -0.2) is 0 Å². The summed E-state index contributed by atoms with van der Waals surface area (Å²) in [4.78, 5) is 5.91. The second-order valence-corrected chi connectivity index (χ2v) is 20.5. The standard InChI is InChI=1S/C44H54O2S5/c1-7-11-13-15-17-19-21-27-23-33-39(47-27)35-37(49-33)29-25-32-30(26-31(29)43(35,5)45-9-3)38-36(44(32,6)46-10-4)41-42(51-38)40-34(50-41)24-28(48-40)22-20-18-16-14-12-8-2/h23-26H,7-22H2,1-6H3. The Morgan fingerprint density at radius 3 is 1.49 bits per heavy atom. The summed E-state index contributed by atoms with van der Waals surface area (Å²) in [6, 6.07) is 10.0. The number of fused-ring (bicyclic) bond motifs is 12. The first kappa shape index (κ1) is 36.4. The molecule has 0 radical (unpaired) electrons. The Morgan fingerprint density at radius 1 is 0.471 bits per heavy atom. The summed E-state index contributed by atoms with van der Waals surface area (Å²) >= 11 is 10.1. The largest absolute Gasteiger partial charge is 0.366 e. The number of aryl methyl sites for hydroxylation is 2. The van der Waals surface area contributed by atoms with Crippen molar-refractivity contribution < 1.29 is 9.47 Å². The Balaban J connectivity index is 1.15. The summed E-state index contributed by atoms with van der Waals surface area (Å²) in [7, 11) is 0. The van der Waals surface area contributed by atoms with Crippen LogP contribution in [0, 0.1) is 0 Å². The molecule has 2 atom stereocenters. The van der Waals surface area contributed by atoms with Crippen molar-refractivity contribution in [3.05, 3.63) is 56.3 Å². The molecule has 0 saturated heterocycles. The fourth-order valence-corrected chi connectivity index (χ4v) is 16.4. The van der Waals surface area contributed by atoms with Gasteiger partial charge in [0.1, 0.15) is 11.2 Å². The minimum Gasteiger partial charge on any atom is -0.366 e. The second-order valence-electron chi connectivity index (χ2n) is 15.1. The summed E-state index contributed by atoms with van der Waals surface area (Å²) in [6.45, 7) is 15.0. The number of hydrogen-bond acceptors (Lipinski definition) is 7. The number of ether oxygens (including phenoxy) is 2. The van der Waals surface area contributed by atoms with Crippen LogP contribution in [-0.2, 0) is 33.5 Å². The lowest BCUT2D eigenvalue weighted by Gasteiger charge is -2.29. The van der Waals surface area contributed by atoms with Gasteiger partial charge in [0.15, 0.2) is 0 Å². The zero-order valence-electron chi connectivity index (χ0n) is 31.5. The van der Waals surface area contributed by atoms with Crippen LogP contribution in [0.15, 0.2) is 24.3 Å². The van der Waals surface area contributed by atoms with Crippen LogP contribution in [0.3, 0.4) is 0 Å². The highest BCUT2D eigenvalue weighted by atomic mass is 32.1. The molecule has 0 N–H and O–H groups in total. The molecule has 8 rings (SSSR count). The SMILES string of the molecule is CCCCCCCCc1cc2sc3c(c2s1)C(C)(OCC)c1cc2c(cc1-3)C(C)(OCC)c1c-2sc2c1sc1cc(CCCCCCCC)sc12. The zero-order valence-corrected chi connectivity index (χ0v) is 35.6. The van der Waals surface area contributed by atoms with E-state index in [9.17, 15) is 0 Å². The monoisotopic (exact) mass is 774 g/mol. The third-order valence-electron chi connectivity index (χ3n) is 11.5. The topological polar surface area (TPSA) is 18.5 Å². The molecule has 7 heteroatoms. The molecule has 0 amide bonds. The molecule has 0 aliphatic heterocycles. The van der Waals surface area contributed by atoms with Crippen LogP contribution in [0.4, 0.5) is 0 Å². The fraction of sp³-hybridized carbons (Fsp3) is 0.545. The average Bonchev–Trinajstić information content (AvgIpc) is 3.95. The van der Waals surface area contributed by atoms with Crippen molar-refractivity contribution in [3.8, 4) is 20.9 Å². The molecule has 2 unspecified atom stereocenters. The van der Waals surface area contributed by atoms with Crippen molar-refractivity contribution in [1.82, 2.24) is 0 Å². The summed E-state index contributed by atoms with van der Waals surface area (Å²) in [6.07, 6.45) is 18.6. The fourth-order valence-electron chi connectivity index (χ4n) is 8.93. The highest BCUT2D eigenvalue weighted by Gasteiger charge is 2.49. The van der Waals surface area contributed by atoms with E-state index in [2.05, 4.69) is 65.8 Å². The highest BCUT2D eigenvalue weighted by molar-refractivity contribution is 7.39. The minimum absolute atomic E-state index is 0.457. The van der Waals surface area contributed by atoms with Gasteiger partial charge in [0, 0.05) is 53.2 Å². The lowest BCUT2D eigenvalue weighted by atomic mass is 9.88. The van der Waals surface area contributed by atoms with Crippen molar-refractivity contribution >= 4 is 84.9 Å². The number of hydrogen-bond donors (Lipinski definition) is 0. The van der Waals surface area contributed by atoms with E-state index < -0.39 is 11.2 Å². The lowest BCUT2D eigenvalue weighted by Crippen LogP contribution is -2.26. The van der Waals surface area contributed by atoms with E-state index in [0.29, 0.717) is 13.2 Å². The first-order valence-electron chi connectivity index (χ1n) is 19.9. The van der Waals surface area contributed by atoms with Gasteiger partial charge in [-0.2, -0.15) is 0 Å². The van der Waals surface area contributed by atoms with Gasteiger partial charge in [-0.05, 0) is 99.9 Å². The van der Waals surface area contributed by atoms with Gasteiger partial charge in [0.05, 0.1) is 18.8 Å². The van der Waals surface area contributed by atoms with Crippen LogP contribution in [0.5, 0.6) is 0 Å². The van der Waals surface area contributed by atoms with E-state index in [1.54, 1.807) is 4.88 Å². The van der Waals surface area contributed by atoms with Crippen LogP contribution < -0.4 is 0 Å². The van der Waals surface area contributed by atoms with Crippen LogP contribution in [0.2, 0.25) is 0 Å². The number of thiophene rings is 5. The van der Waals surface area contributed by atoms with Gasteiger partial charge in [0.25, 0.3) is 0 Å². The summed E-state index contributed by atoms with van der Waals surface area (Å²) in [5.41, 5.74) is 7.27. The molecule has 5 aromatic heterocycles. The van der Waals surface area contributed by atoms with Crippen molar-refractivity contribution in [1.29, 1.82) is 0 Å². The quantitative estimate of drug-likeness (QED) is 0.0810. The maximum Gasteiger partial charge on any atom is 0.119 e. The molecule has 0 saturated carbocycles. The average molecular weight is 775 g/mol. The van der Waals surface area contributed by atoms with Crippen molar-refractivity contribution in [2.75, 3.05) is 13.2 Å². The van der Waals surface area contributed by atoms with Crippen LogP contribution >= 0.6 is 56.7 Å². The number of benzene rings is 1. The molecule has 2 aliphatic rings. The molecular formula is C44H54O2S5. The van der Waals surface area contributed by atoms with Gasteiger partial charge in [0.2, 0.25) is 0 Å². The lowest BCUT2D eigenvalue weighted by molar-refractivity contribution is 0.00696. The molecular weight excluding hydrogens is 721 g/mol. The van der Waals surface area contributed by atoms with E-state index in [-0.39, 0.29) is 0 Å². The van der Waals surface area contributed by atoms with Gasteiger partial charge in [-0.15, -0.1) is 56.7 Å². The zero-order chi connectivity index (χ0) is 35.3. The predicted molar refractivity (Wildman–Crippen MR) is 230 cm³/mol. The molecule has 5 heterocycles. The van der Waals surface area contributed by atoms with E-state index in [4.69, 9.17) is 9.47 Å².